The van der Waals surface area contributed by atoms with E-state index in [1.165, 1.54) is 24.3 Å². The fourth-order valence-electron chi connectivity index (χ4n) is 5.38. The molecule has 1 aliphatic carbocycles. The summed E-state index contributed by atoms with van der Waals surface area (Å²) >= 11 is 0. The minimum Gasteiger partial charge on any atom is -0.385 e. The number of halogens is 6. The quantitative estimate of drug-likeness (QED) is 0.111. The van der Waals surface area contributed by atoms with E-state index < -0.39 is 25.9 Å². The van der Waals surface area contributed by atoms with Crippen molar-refractivity contribution in [2.24, 2.45) is 0 Å². The first kappa shape index (κ1) is 32.4. The zero-order chi connectivity index (χ0) is 29.2. The standard InChI is InChI=1S/C28H37F6N2O3P/c29-23-10-8-22(9-11-23)26(13-2-1-3-14-26)15-4-5-17-36-25-12-7-21(20-35-16-6-18-39-40(37)38)19-24(25)27(30,31)28(32,33)34/h7-12,19,35-36,40H,1-6,13-18,20H2,(H,37,38). The van der Waals surface area contributed by atoms with Crippen LogP contribution >= 0.6 is 8.25 Å². The van der Waals surface area contributed by atoms with E-state index in [0.29, 0.717) is 19.4 Å². The van der Waals surface area contributed by atoms with Gasteiger partial charge in [-0.3, -0.25) is 4.57 Å². The molecule has 2 aromatic rings. The van der Waals surface area contributed by atoms with Crippen LogP contribution in [0.25, 0.3) is 0 Å². The fourth-order valence-corrected chi connectivity index (χ4v) is 5.70. The molecule has 3 N–H and O–H groups in total. The van der Waals surface area contributed by atoms with Crippen molar-refractivity contribution in [3.05, 3.63) is 65.0 Å². The van der Waals surface area contributed by atoms with Crippen molar-refractivity contribution in [3.63, 3.8) is 0 Å². The molecular weight excluding hydrogens is 557 g/mol. The number of hydrogen-bond donors (Lipinski definition) is 3. The second-order valence-electron chi connectivity index (χ2n) is 10.3. The highest BCUT2D eigenvalue weighted by Crippen LogP contribution is 2.47. The van der Waals surface area contributed by atoms with Crippen LogP contribution in [0.5, 0.6) is 0 Å². The summed E-state index contributed by atoms with van der Waals surface area (Å²) in [5.74, 6) is -5.33. The van der Waals surface area contributed by atoms with Crippen molar-refractivity contribution in [2.45, 2.75) is 81.8 Å². The smallest absolute Gasteiger partial charge is 0.385 e. The molecule has 0 heterocycles. The lowest BCUT2D eigenvalue weighted by atomic mass is 9.67. The Morgan fingerprint density at radius 3 is 2.27 bits per heavy atom. The molecule has 0 spiro atoms. The van der Waals surface area contributed by atoms with Crippen LogP contribution in [0.3, 0.4) is 0 Å². The van der Waals surface area contributed by atoms with E-state index in [9.17, 15) is 30.9 Å². The van der Waals surface area contributed by atoms with Gasteiger partial charge in [0.2, 0.25) is 0 Å². The van der Waals surface area contributed by atoms with E-state index in [1.54, 1.807) is 0 Å². The maximum absolute atomic E-state index is 14.5. The van der Waals surface area contributed by atoms with Crippen LogP contribution in [0, 0.1) is 5.82 Å². The highest BCUT2D eigenvalue weighted by molar-refractivity contribution is 7.32. The van der Waals surface area contributed by atoms with Crippen molar-refractivity contribution in [2.75, 3.05) is 25.0 Å². The maximum atomic E-state index is 14.5. The van der Waals surface area contributed by atoms with Gasteiger partial charge in [0.25, 0.3) is 0 Å². The topological polar surface area (TPSA) is 70.6 Å². The van der Waals surface area contributed by atoms with Crippen molar-refractivity contribution < 1.29 is 40.3 Å². The van der Waals surface area contributed by atoms with Crippen LogP contribution in [0.4, 0.5) is 32.0 Å². The minimum absolute atomic E-state index is 0.0204. The lowest BCUT2D eigenvalue weighted by Gasteiger charge is -2.38. The van der Waals surface area contributed by atoms with Gasteiger partial charge in [0.15, 0.2) is 0 Å². The summed E-state index contributed by atoms with van der Waals surface area (Å²) in [6.07, 6.45) is 2.02. The van der Waals surface area contributed by atoms with Gasteiger partial charge in [-0.05, 0) is 79.5 Å². The second kappa shape index (κ2) is 14.7. The van der Waals surface area contributed by atoms with Crippen molar-refractivity contribution in [3.8, 4) is 0 Å². The van der Waals surface area contributed by atoms with Gasteiger partial charge in [-0.25, -0.2) is 4.39 Å². The second-order valence-corrected chi connectivity index (χ2v) is 11.1. The Morgan fingerprint density at radius 1 is 0.925 bits per heavy atom. The zero-order valence-electron chi connectivity index (χ0n) is 22.3. The molecule has 1 aliphatic rings. The molecule has 1 fully saturated rings. The highest BCUT2D eigenvalue weighted by atomic mass is 31.1. The van der Waals surface area contributed by atoms with Crippen LogP contribution in [0.15, 0.2) is 42.5 Å². The summed E-state index contributed by atoms with van der Waals surface area (Å²) in [4.78, 5) is 8.63. The van der Waals surface area contributed by atoms with Gasteiger partial charge in [0, 0.05) is 18.8 Å². The Labute approximate surface area is 231 Å². The molecule has 1 saturated carbocycles. The molecule has 0 saturated heterocycles. The summed E-state index contributed by atoms with van der Waals surface area (Å²) in [5, 5.41) is 5.70. The summed E-state index contributed by atoms with van der Waals surface area (Å²) in [6.45, 7) is 0.610. The van der Waals surface area contributed by atoms with E-state index in [-0.39, 0.29) is 42.2 Å². The Morgan fingerprint density at radius 2 is 1.62 bits per heavy atom. The van der Waals surface area contributed by atoms with Crippen LogP contribution < -0.4 is 10.6 Å². The van der Waals surface area contributed by atoms with Crippen molar-refractivity contribution in [1.82, 2.24) is 5.32 Å². The third-order valence-electron chi connectivity index (χ3n) is 7.50. The highest BCUT2D eigenvalue weighted by Gasteiger charge is 2.59. The average molecular weight is 595 g/mol. The Kier molecular flexibility index (Phi) is 11.9. The average Bonchev–Trinajstić information content (AvgIpc) is 2.91. The molecule has 12 heteroatoms. The van der Waals surface area contributed by atoms with Crippen LogP contribution in [0.1, 0.15) is 74.5 Å². The molecule has 5 nitrogen and oxygen atoms in total. The number of nitrogens with one attached hydrogen (secondary N) is 2. The predicted molar refractivity (Wildman–Crippen MR) is 143 cm³/mol. The van der Waals surface area contributed by atoms with Gasteiger partial charge < -0.3 is 20.1 Å². The van der Waals surface area contributed by atoms with Gasteiger partial charge in [0.05, 0.1) is 12.2 Å². The number of anilines is 1. The third-order valence-corrected chi connectivity index (χ3v) is 7.95. The molecular formula is C28H37F6N2O3P. The zero-order valence-corrected chi connectivity index (χ0v) is 23.3. The lowest BCUT2D eigenvalue weighted by Crippen LogP contribution is -2.34. The molecule has 0 bridgehead atoms. The molecule has 40 heavy (non-hydrogen) atoms. The van der Waals surface area contributed by atoms with Crippen molar-refractivity contribution in [1.29, 1.82) is 0 Å². The number of alkyl halides is 5. The molecule has 0 aromatic heterocycles. The predicted octanol–water partition coefficient (Wildman–Crippen LogP) is 7.84. The first-order chi connectivity index (χ1) is 18.9. The summed E-state index contributed by atoms with van der Waals surface area (Å²) < 4.78 is 97.4. The number of benzene rings is 2. The molecule has 3 rings (SSSR count). The van der Waals surface area contributed by atoms with Crippen molar-refractivity contribution >= 4 is 13.9 Å². The van der Waals surface area contributed by atoms with E-state index in [0.717, 1.165) is 56.6 Å². The van der Waals surface area contributed by atoms with E-state index in [1.807, 2.05) is 12.1 Å². The van der Waals surface area contributed by atoms with Crippen LogP contribution in [-0.2, 0) is 27.0 Å². The largest absolute Gasteiger partial charge is 0.458 e. The van der Waals surface area contributed by atoms with Gasteiger partial charge in [0.1, 0.15) is 5.82 Å². The van der Waals surface area contributed by atoms with Crippen LogP contribution in [0.2, 0.25) is 0 Å². The van der Waals surface area contributed by atoms with E-state index >= 15 is 0 Å². The van der Waals surface area contributed by atoms with Gasteiger partial charge in [-0.2, -0.15) is 22.0 Å². The maximum Gasteiger partial charge on any atom is 0.458 e. The lowest BCUT2D eigenvalue weighted by molar-refractivity contribution is -0.289. The summed E-state index contributed by atoms with van der Waals surface area (Å²) in [7, 11) is -3.04. The third kappa shape index (κ3) is 8.96. The molecule has 1 unspecified atom stereocenters. The first-order valence-electron chi connectivity index (χ1n) is 13.6. The molecule has 1 atom stereocenters. The molecule has 0 radical (unpaired) electrons. The monoisotopic (exact) mass is 594 g/mol. The fraction of sp³-hybridized carbons (Fsp3) is 0.571. The number of unbranched alkanes of at least 4 members (excludes halogenated alkanes) is 1. The first-order valence-corrected chi connectivity index (χ1v) is 14.9. The summed E-state index contributed by atoms with van der Waals surface area (Å²) in [6, 6.07) is 10.2. The SMILES string of the molecule is O=[PH](O)OCCCNCc1ccc(NCCCCC2(c3ccc(F)cc3)CCCCC2)c(C(F)(F)C(F)(F)F)c1. The number of hydrogen-bond acceptors (Lipinski definition) is 4. The summed E-state index contributed by atoms with van der Waals surface area (Å²) in [5.41, 5.74) is -0.123. The minimum atomic E-state index is -5.75. The van der Waals surface area contributed by atoms with E-state index in [4.69, 9.17) is 4.89 Å². The van der Waals surface area contributed by atoms with Gasteiger partial charge in [-0.15, -0.1) is 0 Å². The Bertz CT molecular complexity index is 1090. The number of rotatable bonds is 15. The molecule has 224 valence electrons. The van der Waals surface area contributed by atoms with Crippen LogP contribution in [-0.4, -0.2) is 30.8 Å². The Hall–Kier alpha value is -2.07. The molecule has 0 amide bonds. The van der Waals surface area contributed by atoms with Gasteiger partial charge in [-0.1, -0.05) is 43.9 Å². The van der Waals surface area contributed by atoms with Gasteiger partial charge >= 0.3 is 20.4 Å². The molecule has 2 aromatic carbocycles. The van der Waals surface area contributed by atoms with E-state index in [2.05, 4.69) is 15.2 Å². The Balaban J connectivity index is 1.61. The normalized spacial score (nSPS) is 16.6. The molecule has 0 aliphatic heterocycles.